The van der Waals surface area contributed by atoms with Crippen LogP contribution in [0.3, 0.4) is 0 Å². The fourth-order valence-corrected chi connectivity index (χ4v) is 5.53. The molecule has 1 heterocycles. The van der Waals surface area contributed by atoms with Crippen molar-refractivity contribution < 1.29 is 17.9 Å². The summed E-state index contributed by atoms with van der Waals surface area (Å²) in [4.78, 5) is 13.8. The first kappa shape index (κ1) is 20.3. The maximum Gasteiger partial charge on any atom is 0.338 e. The zero-order valence-corrected chi connectivity index (χ0v) is 17.8. The Balaban J connectivity index is 1.72. The van der Waals surface area contributed by atoms with Gasteiger partial charge in [0.15, 0.2) is 0 Å². The van der Waals surface area contributed by atoms with Gasteiger partial charge in [0, 0.05) is 21.4 Å². The molecule has 152 valence electrons. The third-order valence-corrected chi connectivity index (χ3v) is 7.28. The minimum atomic E-state index is -3.72. The Kier molecular flexibility index (Phi) is 5.65. The van der Waals surface area contributed by atoms with Crippen LogP contribution in [0, 0.1) is 0 Å². The van der Waals surface area contributed by atoms with E-state index in [0.717, 1.165) is 15.2 Å². The van der Waals surface area contributed by atoms with Gasteiger partial charge in [-0.15, -0.1) is 0 Å². The fourth-order valence-electron chi connectivity index (χ4n) is 3.11. The number of rotatable bonds is 6. The Morgan fingerprint density at radius 3 is 2.30 bits per heavy atom. The largest absolute Gasteiger partial charge is 0.462 e. The van der Waals surface area contributed by atoms with Crippen molar-refractivity contribution >= 4 is 38.7 Å². The fraction of sp³-hybridized carbons (Fsp3) is 0.0870. The van der Waals surface area contributed by atoms with E-state index in [9.17, 15) is 13.2 Å². The van der Waals surface area contributed by atoms with Gasteiger partial charge in [0.2, 0.25) is 0 Å². The Morgan fingerprint density at radius 1 is 0.933 bits per heavy atom. The highest BCUT2D eigenvalue weighted by Gasteiger charge is 2.21. The second kappa shape index (κ2) is 8.38. The van der Waals surface area contributed by atoms with E-state index in [2.05, 4.69) is 0 Å². The lowest BCUT2D eigenvalue weighted by atomic mass is 10.2. The van der Waals surface area contributed by atoms with Crippen LogP contribution in [0.25, 0.3) is 10.9 Å². The minimum Gasteiger partial charge on any atom is -0.462 e. The van der Waals surface area contributed by atoms with Crippen LogP contribution in [-0.2, 0) is 14.8 Å². The quantitative estimate of drug-likeness (QED) is 0.388. The molecule has 0 radical (unpaired) electrons. The zero-order chi connectivity index (χ0) is 21.1. The molecule has 0 aliphatic rings. The van der Waals surface area contributed by atoms with Crippen LogP contribution in [0.1, 0.15) is 17.3 Å². The van der Waals surface area contributed by atoms with E-state index in [1.54, 1.807) is 61.7 Å². The predicted octanol–water partition coefficient (Wildman–Crippen LogP) is 5.21. The standard InChI is InChI=1S/C23H19NO4S2/c1-2-28-23(25)17-12-14-18(15-13-17)29-22-16-24(21-11-7-6-10-20(21)22)30(26,27)19-8-4-3-5-9-19/h3-16H,2H2,1H3. The Hall–Kier alpha value is -3.03. The van der Waals surface area contributed by atoms with E-state index in [1.165, 1.54) is 15.7 Å². The molecule has 0 saturated carbocycles. The number of aromatic nitrogens is 1. The predicted molar refractivity (Wildman–Crippen MR) is 117 cm³/mol. The highest BCUT2D eigenvalue weighted by molar-refractivity contribution is 7.99. The second-order valence-electron chi connectivity index (χ2n) is 6.47. The van der Waals surface area contributed by atoms with E-state index >= 15 is 0 Å². The molecule has 4 aromatic rings. The number of esters is 1. The van der Waals surface area contributed by atoms with Gasteiger partial charge in [0.05, 0.1) is 22.6 Å². The maximum absolute atomic E-state index is 13.2. The minimum absolute atomic E-state index is 0.237. The number of hydrogen-bond acceptors (Lipinski definition) is 5. The molecule has 4 rings (SSSR count). The van der Waals surface area contributed by atoms with Crippen molar-refractivity contribution in [3.63, 3.8) is 0 Å². The summed E-state index contributed by atoms with van der Waals surface area (Å²) in [7, 11) is -3.72. The lowest BCUT2D eigenvalue weighted by molar-refractivity contribution is 0.0526. The van der Waals surface area contributed by atoms with E-state index in [-0.39, 0.29) is 10.9 Å². The lowest BCUT2D eigenvalue weighted by Crippen LogP contribution is -2.11. The number of benzene rings is 3. The molecular formula is C23H19NO4S2. The molecule has 5 nitrogen and oxygen atoms in total. The number of carbonyl (C=O) groups excluding carboxylic acids is 1. The van der Waals surface area contributed by atoms with E-state index in [4.69, 9.17) is 4.74 Å². The third-order valence-electron chi connectivity index (χ3n) is 4.53. The molecule has 0 bridgehead atoms. The number of carbonyl (C=O) groups is 1. The van der Waals surface area contributed by atoms with Crippen LogP contribution in [-0.4, -0.2) is 25.0 Å². The molecule has 0 aliphatic heterocycles. The van der Waals surface area contributed by atoms with Crippen molar-refractivity contribution in [2.24, 2.45) is 0 Å². The first-order valence-corrected chi connectivity index (χ1v) is 11.6. The van der Waals surface area contributed by atoms with Crippen molar-refractivity contribution in [2.75, 3.05) is 6.61 Å². The van der Waals surface area contributed by atoms with Crippen LogP contribution < -0.4 is 0 Å². The van der Waals surface area contributed by atoms with Crippen molar-refractivity contribution in [3.8, 4) is 0 Å². The number of nitrogens with zero attached hydrogens (tertiary/aromatic N) is 1. The van der Waals surface area contributed by atoms with Crippen LogP contribution in [0.15, 0.2) is 99.7 Å². The van der Waals surface area contributed by atoms with Gasteiger partial charge in [-0.3, -0.25) is 0 Å². The molecule has 0 atom stereocenters. The Morgan fingerprint density at radius 2 is 1.60 bits per heavy atom. The first-order chi connectivity index (χ1) is 14.5. The maximum atomic E-state index is 13.2. The topological polar surface area (TPSA) is 65.4 Å². The van der Waals surface area contributed by atoms with E-state index < -0.39 is 10.0 Å². The second-order valence-corrected chi connectivity index (χ2v) is 9.40. The summed E-state index contributed by atoms with van der Waals surface area (Å²) in [6.07, 6.45) is 1.65. The molecule has 0 saturated heterocycles. The summed E-state index contributed by atoms with van der Waals surface area (Å²) in [5.74, 6) is -0.361. The average Bonchev–Trinajstić information content (AvgIpc) is 3.14. The molecular weight excluding hydrogens is 418 g/mol. The number of ether oxygens (including phenoxy) is 1. The first-order valence-electron chi connectivity index (χ1n) is 9.36. The SMILES string of the molecule is CCOC(=O)c1ccc(Sc2cn(S(=O)(=O)c3ccccc3)c3ccccc23)cc1. The molecule has 30 heavy (non-hydrogen) atoms. The average molecular weight is 438 g/mol. The smallest absolute Gasteiger partial charge is 0.338 e. The molecule has 0 N–H and O–H groups in total. The summed E-state index contributed by atoms with van der Waals surface area (Å²) in [6.45, 7) is 2.09. The van der Waals surface area contributed by atoms with Crippen LogP contribution in [0.4, 0.5) is 0 Å². The van der Waals surface area contributed by atoms with Gasteiger partial charge in [-0.1, -0.05) is 48.2 Å². The summed E-state index contributed by atoms with van der Waals surface area (Å²) in [5.41, 5.74) is 1.10. The normalized spacial score (nSPS) is 11.5. The van der Waals surface area contributed by atoms with Crippen molar-refractivity contribution in [1.82, 2.24) is 3.97 Å². The monoisotopic (exact) mass is 437 g/mol. The highest BCUT2D eigenvalue weighted by Crippen LogP contribution is 2.36. The molecule has 3 aromatic carbocycles. The summed E-state index contributed by atoms with van der Waals surface area (Å²) < 4.78 is 32.7. The number of para-hydroxylation sites is 1. The van der Waals surface area contributed by atoms with Gasteiger partial charge in [-0.05, 0) is 49.4 Å². The highest BCUT2D eigenvalue weighted by atomic mass is 32.2. The number of fused-ring (bicyclic) bond motifs is 1. The van der Waals surface area contributed by atoms with Crippen LogP contribution in [0.5, 0.6) is 0 Å². The molecule has 0 unspecified atom stereocenters. The van der Waals surface area contributed by atoms with Gasteiger partial charge < -0.3 is 4.74 Å². The summed E-state index contributed by atoms with van der Waals surface area (Å²) >= 11 is 1.45. The lowest BCUT2D eigenvalue weighted by Gasteiger charge is -2.07. The molecule has 0 amide bonds. The van der Waals surface area contributed by atoms with Gasteiger partial charge in [0.1, 0.15) is 0 Å². The van der Waals surface area contributed by atoms with Gasteiger partial charge in [-0.2, -0.15) is 0 Å². The summed E-state index contributed by atoms with van der Waals surface area (Å²) in [6, 6.07) is 22.9. The van der Waals surface area contributed by atoms with Gasteiger partial charge in [0.25, 0.3) is 10.0 Å². The zero-order valence-electron chi connectivity index (χ0n) is 16.2. The van der Waals surface area contributed by atoms with Crippen molar-refractivity contribution in [1.29, 1.82) is 0 Å². The Bertz CT molecular complexity index is 1290. The molecule has 0 fully saturated rings. The molecule has 0 aliphatic carbocycles. The van der Waals surface area contributed by atoms with Crippen molar-refractivity contribution in [3.05, 3.63) is 90.6 Å². The van der Waals surface area contributed by atoms with Gasteiger partial charge >= 0.3 is 5.97 Å². The molecule has 1 aromatic heterocycles. The van der Waals surface area contributed by atoms with E-state index in [1.807, 2.05) is 30.3 Å². The van der Waals surface area contributed by atoms with Gasteiger partial charge in [-0.25, -0.2) is 17.2 Å². The van der Waals surface area contributed by atoms with Crippen LogP contribution in [0.2, 0.25) is 0 Å². The molecule has 0 spiro atoms. The molecule has 7 heteroatoms. The summed E-state index contributed by atoms with van der Waals surface area (Å²) in [5, 5.41) is 0.844. The number of hydrogen-bond donors (Lipinski definition) is 0. The van der Waals surface area contributed by atoms with Crippen molar-refractivity contribution in [2.45, 2.75) is 21.6 Å². The van der Waals surface area contributed by atoms with Crippen LogP contribution >= 0.6 is 11.8 Å². The Labute approximate surface area is 179 Å². The third kappa shape index (κ3) is 3.86. The van der Waals surface area contributed by atoms with E-state index in [0.29, 0.717) is 17.7 Å².